The van der Waals surface area contributed by atoms with E-state index in [0.717, 1.165) is 23.4 Å². The quantitative estimate of drug-likeness (QED) is 0.902. The van der Waals surface area contributed by atoms with Crippen molar-refractivity contribution < 1.29 is 4.39 Å². The highest BCUT2D eigenvalue weighted by Crippen LogP contribution is 2.23. The lowest BCUT2D eigenvalue weighted by Gasteiger charge is -2.12. The molecule has 3 nitrogen and oxygen atoms in total. The molecule has 0 aliphatic carbocycles. The lowest BCUT2D eigenvalue weighted by molar-refractivity contribution is 0.626. The first-order valence-electron chi connectivity index (χ1n) is 6.16. The van der Waals surface area contributed by atoms with E-state index < -0.39 is 0 Å². The second-order valence-corrected chi connectivity index (χ2v) is 4.64. The Labute approximate surface area is 106 Å². The molecule has 2 N–H and O–H groups in total. The van der Waals surface area contributed by atoms with Crippen molar-refractivity contribution in [1.29, 1.82) is 0 Å². The summed E-state index contributed by atoms with van der Waals surface area (Å²) in [6.45, 7) is 4.85. The van der Waals surface area contributed by atoms with E-state index in [-0.39, 0.29) is 5.82 Å². The van der Waals surface area contributed by atoms with E-state index in [1.165, 1.54) is 12.1 Å². The maximum Gasteiger partial charge on any atom is 0.123 e. The Morgan fingerprint density at radius 1 is 1.28 bits per heavy atom. The molecule has 0 saturated carbocycles. The molecule has 0 unspecified atom stereocenters. The third-order valence-electron chi connectivity index (χ3n) is 2.92. The van der Waals surface area contributed by atoms with Crippen molar-refractivity contribution in [3.63, 3.8) is 0 Å². The molecule has 1 heterocycles. The van der Waals surface area contributed by atoms with Crippen LogP contribution in [0.5, 0.6) is 0 Å². The van der Waals surface area contributed by atoms with Crippen LogP contribution in [0.4, 0.5) is 4.39 Å². The Hall–Kier alpha value is -1.68. The highest BCUT2D eigenvalue weighted by Gasteiger charge is 2.14. The molecule has 1 aromatic heterocycles. The molecule has 18 heavy (non-hydrogen) atoms. The second-order valence-electron chi connectivity index (χ2n) is 4.64. The average molecular weight is 247 g/mol. The molecule has 0 atom stereocenters. The van der Waals surface area contributed by atoms with Crippen LogP contribution in [0.3, 0.4) is 0 Å². The number of hydrogen-bond acceptors (Lipinski definition) is 2. The zero-order chi connectivity index (χ0) is 13.1. The third kappa shape index (κ3) is 2.43. The summed E-state index contributed by atoms with van der Waals surface area (Å²) in [7, 11) is 0. The molecule has 0 amide bonds. The fraction of sp³-hybridized carbons (Fsp3) is 0.357. The van der Waals surface area contributed by atoms with Crippen LogP contribution in [0.15, 0.2) is 30.5 Å². The molecule has 0 aliphatic heterocycles. The molecule has 0 spiro atoms. The molecule has 1 aromatic carbocycles. The number of aromatic nitrogens is 2. The summed E-state index contributed by atoms with van der Waals surface area (Å²) in [6.07, 6.45) is 2.67. The first kappa shape index (κ1) is 12.8. The SMILES string of the molecule is CC(C)c1c(CCN)cnn1-c1ccc(F)cc1. The first-order chi connectivity index (χ1) is 8.63. The van der Waals surface area contributed by atoms with Crippen molar-refractivity contribution in [2.75, 3.05) is 6.54 Å². The van der Waals surface area contributed by atoms with Crippen LogP contribution < -0.4 is 5.73 Å². The number of hydrogen-bond donors (Lipinski definition) is 1. The summed E-state index contributed by atoms with van der Waals surface area (Å²) in [5.41, 5.74) is 8.80. The lowest BCUT2D eigenvalue weighted by Crippen LogP contribution is -2.08. The summed E-state index contributed by atoms with van der Waals surface area (Å²) >= 11 is 0. The van der Waals surface area contributed by atoms with Gasteiger partial charge < -0.3 is 5.73 Å². The molecule has 0 radical (unpaired) electrons. The van der Waals surface area contributed by atoms with Crippen LogP contribution in [0.25, 0.3) is 5.69 Å². The smallest absolute Gasteiger partial charge is 0.123 e. The van der Waals surface area contributed by atoms with Crippen molar-refractivity contribution in [3.8, 4) is 5.69 Å². The van der Waals surface area contributed by atoms with Crippen LogP contribution in [-0.4, -0.2) is 16.3 Å². The summed E-state index contributed by atoms with van der Waals surface area (Å²) in [4.78, 5) is 0. The molecular formula is C14H18FN3. The van der Waals surface area contributed by atoms with Gasteiger partial charge >= 0.3 is 0 Å². The van der Waals surface area contributed by atoms with E-state index in [1.54, 1.807) is 12.1 Å². The van der Waals surface area contributed by atoms with Gasteiger partial charge in [-0.2, -0.15) is 5.10 Å². The minimum atomic E-state index is -0.237. The van der Waals surface area contributed by atoms with Gasteiger partial charge in [-0.1, -0.05) is 13.8 Å². The molecule has 2 rings (SSSR count). The Balaban J connectivity index is 2.47. The van der Waals surface area contributed by atoms with Gasteiger partial charge in [0.05, 0.1) is 17.6 Å². The van der Waals surface area contributed by atoms with Crippen LogP contribution in [-0.2, 0) is 6.42 Å². The molecule has 0 saturated heterocycles. The summed E-state index contributed by atoms with van der Waals surface area (Å²) in [5.74, 6) is 0.110. The van der Waals surface area contributed by atoms with Crippen molar-refractivity contribution in [2.45, 2.75) is 26.2 Å². The van der Waals surface area contributed by atoms with E-state index in [4.69, 9.17) is 5.73 Å². The van der Waals surface area contributed by atoms with Gasteiger partial charge in [0.25, 0.3) is 0 Å². The van der Waals surface area contributed by atoms with Gasteiger partial charge in [-0.25, -0.2) is 9.07 Å². The van der Waals surface area contributed by atoms with E-state index in [9.17, 15) is 4.39 Å². The van der Waals surface area contributed by atoms with Gasteiger partial charge in [-0.15, -0.1) is 0 Å². The fourth-order valence-corrected chi connectivity index (χ4v) is 2.14. The molecule has 2 aromatic rings. The highest BCUT2D eigenvalue weighted by molar-refractivity contribution is 5.36. The minimum absolute atomic E-state index is 0.237. The van der Waals surface area contributed by atoms with Crippen molar-refractivity contribution in [3.05, 3.63) is 47.5 Å². The first-order valence-corrected chi connectivity index (χ1v) is 6.16. The molecule has 4 heteroatoms. The van der Waals surface area contributed by atoms with Crippen LogP contribution in [0, 0.1) is 5.82 Å². The monoisotopic (exact) mass is 247 g/mol. The van der Waals surface area contributed by atoms with Crippen molar-refractivity contribution in [2.24, 2.45) is 5.73 Å². The van der Waals surface area contributed by atoms with Gasteiger partial charge in [0.15, 0.2) is 0 Å². The minimum Gasteiger partial charge on any atom is -0.330 e. The average Bonchev–Trinajstić information content (AvgIpc) is 2.74. The van der Waals surface area contributed by atoms with Crippen LogP contribution in [0.1, 0.15) is 31.0 Å². The Kier molecular flexibility index (Phi) is 3.77. The lowest BCUT2D eigenvalue weighted by atomic mass is 10.0. The third-order valence-corrected chi connectivity index (χ3v) is 2.92. The van der Waals surface area contributed by atoms with Crippen molar-refractivity contribution >= 4 is 0 Å². The van der Waals surface area contributed by atoms with Crippen LogP contribution in [0.2, 0.25) is 0 Å². The zero-order valence-electron chi connectivity index (χ0n) is 10.7. The number of nitrogens with zero attached hydrogens (tertiary/aromatic N) is 2. The standard InChI is InChI=1S/C14H18FN3/c1-10(2)14-11(7-8-16)9-17-18(14)13-5-3-12(15)4-6-13/h3-6,9-10H,7-8,16H2,1-2H3. The Bertz CT molecular complexity index is 514. The van der Waals surface area contributed by atoms with Crippen LogP contribution >= 0.6 is 0 Å². The van der Waals surface area contributed by atoms with Crippen molar-refractivity contribution in [1.82, 2.24) is 9.78 Å². The predicted octanol–water partition coefficient (Wildman–Crippen LogP) is 2.64. The van der Waals surface area contributed by atoms with E-state index in [0.29, 0.717) is 12.5 Å². The maximum atomic E-state index is 12.9. The fourth-order valence-electron chi connectivity index (χ4n) is 2.14. The number of halogens is 1. The molecule has 0 bridgehead atoms. The van der Waals surface area contributed by atoms with Gasteiger partial charge in [0.2, 0.25) is 0 Å². The van der Waals surface area contributed by atoms with E-state index in [1.807, 2.05) is 10.9 Å². The summed E-state index contributed by atoms with van der Waals surface area (Å²) in [6, 6.07) is 6.37. The normalized spacial score (nSPS) is 11.2. The van der Waals surface area contributed by atoms with E-state index in [2.05, 4.69) is 18.9 Å². The molecular weight excluding hydrogens is 229 g/mol. The maximum absolute atomic E-state index is 12.9. The topological polar surface area (TPSA) is 43.8 Å². The molecule has 0 aliphatic rings. The van der Waals surface area contributed by atoms with Gasteiger partial charge in [0.1, 0.15) is 5.82 Å². The zero-order valence-corrected chi connectivity index (χ0v) is 10.7. The summed E-state index contributed by atoms with van der Waals surface area (Å²) < 4.78 is 14.8. The Morgan fingerprint density at radius 3 is 2.50 bits per heavy atom. The molecule has 0 fully saturated rings. The van der Waals surface area contributed by atoms with Gasteiger partial charge in [0, 0.05) is 0 Å². The van der Waals surface area contributed by atoms with E-state index >= 15 is 0 Å². The summed E-state index contributed by atoms with van der Waals surface area (Å²) in [5, 5.41) is 4.39. The number of rotatable bonds is 4. The number of nitrogens with two attached hydrogens (primary N) is 1. The number of benzene rings is 1. The Morgan fingerprint density at radius 2 is 1.94 bits per heavy atom. The molecule has 96 valence electrons. The highest BCUT2D eigenvalue weighted by atomic mass is 19.1. The predicted molar refractivity (Wildman–Crippen MR) is 70.4 cm³/mol. The largest absolute Gasteiger partial charge is 0.330 e. The van der Waals surface area contributed by atoms with Gasteiger partial charge in [-0.3, -0.25) is 0 Å². The van der Waals surface area contributed by atoms with Gasteiger partial charge in [-0.05, 0) is 48.7 Å². The second kappa shape index (κ2) is 5.31.